The molecule has 1 heterocycles. The number of esters is 1. The van der Waals surface area contributed by atoms with Gasteiger partial charge in [0, 0.05) is 31.3 Å². The van der Waals surface area contributed by atoms with Crippen molar-refractivity contribution in [2.75, 3.05) is 38.2 Å². The summed E-state index contributed by atoms with van der Waals surface area (Å²) >= 11 is 0. The zero-order chi connectivity index (χ0) is 23.3. The highest BCUT2D eigenvalue weighted by Gasteiger charge is 2.28. The molecular weight excluding hydrogens is 436 g/mol. The Morgan fingerprint density at radius 3 is 2.28 bits per heavy atom. The van der Waals surface area contributed by atoms with Crippen molar-refractivity contribution in [3.05, 3.63) is 59.2 Å². The van der Waals surface area contributed by atoms with Crippen LogP contribution in [0.5, 0.6) is 0 Å². The number of benzene rings is 2. The number of morpholine rings is 1. The van der Waals surface area contributed by atoms with Gasteiger partial charge < -0.3 is 14.8 Å². The second-order valence-corrected chi connectivity index (χ2v) is 9.16. The van der Waals surface area contributed by atoms with Crippen molar-refractivity contribution in [3.8, 4) is 0 Å². The standard InChI is InChI=1S/C22H24N2O7S/c1-15-3-4-18(13-21(15)32(28,29)24-9-11-30-12-10-24)22(27)31-14-20(26)17-5-7-19(8-6-17)23-16(2)25/h3-8,13H,9-12,14H2,1-2H3,(H,23,25). The van der Waals surface area contributed by atoms with Crippen LogP contribution in [0.2, 0.25) is 0 Å². The Morgan fingerprint density at radius 1 is 1.03 bits per heavy atom. The number of anilines is 1. The molecule has 170 valence electrons. The van der Waals surface area contributed by atoms with Gasteiger partial charge >= 0.3 is 5.97 Å². The monoisotopic (exact) mass is 460 g/mol. The summed E-state index contributed by atoms with van der Waals surface area (Å²) in [5, 5.41) is 2.59. The summed E-state index contributed by atoms with van der Waals surface area (Å²) in [5.41, 5.74) is 1.39. The lowest BCUT2D eigenvalue weighted by Crippen LogP contribution is -2.40. The molecule has 0 saturated carbocycles. The van der Waals surface area contributed by atoms with Gasteiger partial charge in [-0.05, 0) is 48.9 Å². The summed E-state index contributed by atoms with van der Waals surface area (Å²) in [7, 11) is -3.79. The summed E-state index contributed by atoms with van der Waals surface area (Å²) in [6.45, 7) is 3.63. The predicted octanol–water partition coefficient (Wildman–Crippen LogP) is 2.01. The van der Waals surface area contributed by atoms with Gasteiger partial charge in [0.15, 0.2) is 12.4 Å². The minimum absolute atomic E-state index is 0.0220. The molecule has 2 aromatic rings. The number of nitrogens with zero attached hydrogens (tertiary/aromatic N) is 1. The van der Waals surface area contributed by atoms with Crippen molar-refractivity contribution < 1.29 is 32.3 Å². The number of hydrogen-bond acceptors (Lipinski definition) is 7. The lowest BCUT2D eigenvalue weighted by molar-refractivity contribution is -0.114. The molecule has 32 heavy (non-hydrogen) atoms. The fourth-order valence-corrected chi connectivity index (χ4v) is 4.83. The number of Topliss-reactive ketones (excluding diaryl/α,β-unsaturated/α-hetero) is 1. The third-order valence-electron chi connectivity index (χ3n) is 4.87. The van der Waals surface area contributed by atoms with E-state index in [2.05, 4.69) is 5.32 Å². The highest BCUT2D eigenvalue weighted by molar-refractivity contribution is 7.89. The van der Waals surface area contributed by atoms with Crippen molar-refractivity contribution in [1.29, 1.82) is 0 Å². The van der Waals surface area contributed by atoms with E-state index in [4.69, 9.17) is 9.47 Å². The first-order chi connectivity index (χ1) is 15.2. The molecule has 10 heteroatoms. The molecule has 1 fully saturated rings. The van der Waals surface area contributed by atoms with Gasteiger partial charge in [0.2, 0.25) is 15.9 Å². The number of aryl methyl sites for hydroxylation is 1. The Balaban J connectivity index is 1.68. The van der Waals surface area contributed by atoms with E-state index < -0.39 is 28.4 Å². The minimum atomic E-state index is -3.79. The van der Waals surface area contributed by atoms with Crippen LogP contribution in [0.3, 0.4) is 0 Å². The third kappa shape index (κ3) is 5.58. The van der Waals surface area contributed by atoms with Crippen molar-refractivity contribution >= 4 is 33.4 Å². The number of hydrogen-bond donors (Lipinski definition) is 1. The molecule has 1 aliphatic heterocycles. The van der Waals surface area contributed by atoms with Crippen molar-refractivity contribution in [2.45, 2.75) is 18.7 Å². The Labute approximate surface area is 186 Å². The molecule has 0 unspecified atom stereocenters. The highest BCUT2D eigenvalue weighted by atomic mass is 32.2. The molecule has 0 radical (unpaired) electrons. The van der Waals surface area contributed by atoms with Crippen molar-refractivity contribution in [3.63, 3.8) is 0 Å². The lowest BCUT2D eigenvalue weighted by atomic mass is 10.1. The van der Waals surface area contributed by atoms with Crippen LogP contribution in [0.4, 0.5) is 5.69 Å². The van der Waals surface area contributed by atoms with Gasteiger partial charge in [0.25, 0.3) is 0 Å². The zero-order valence-electron chi connectivity index (χ0n) is 17.8. The van der Waals surface area contributed by atoms with Crippen LogP contribution >= 0.6 is 0 Å². The molecule has 0 aromatic heterocycles. The zero-order valence-corrected chi connectivity index (χ0v) is 18.6. The molecule has 1 aliphatic rings. The fourth-order valence-electron chi connectivity index (χ4n) is 3.17. The first kappa shape index (κ1) is 23.6. The first-order valence-corrected chi connectivity index (χ1v) is 11.4. The largest absolute Gasteiger partial charge is 0.454 e. The number of ketones is 1. The molecule has 9 nitrogen and oxygen atoms in total. The van der Waals surface area contributed by atoms with Crippen LogP contribution in [0, 0.1) is 6.92 Å². The summed E-state index contributed by atoms with van der Waals surface area (Å²) < 4.78 is 37.6. The lowest BCUT2D eigenvalue weighted by Gasteiger charge is -2.26. The Morgan fingerprint density at radius 2 is 1.66 bits per heavy atom. The average Bonchev–Trinajstić information content (AvgIpc) is 2.78. The predicted molar refractivity (Wildman–Crippen MR) is 116 cm³/mol. The van der Waals surface area contributed by atoms with Gasteiger partial charge in [-0.3, -0.25) is 9.59 Å². The van der Waals surface area contributed by atoms with Gasteiger partial charge in [-0.25, -0.2) is 13.2 Å². The van der Waals surface area contributed by atoms with E-state index in [1.54, 1.807) is 19.1 Å². The molecule has 1 saturated heterocycles. The maximum atomic E-state index is 13.0. The van der Waals surface area contributed by atoms with Gasteiger partial charge in [0.1, 0.15) is 0 Å². The smallest absolute Gasteiger partial charge is 0.338 e. The van der Waals surface area contributed by atoms with E-state index in [0.717, 1.165) is 0 Å². The second kappa shape index (κ2) is 10.0. The molecule has 0 atom stereocenters. The number of ether oxygens (including phenoxy) is 2. The Kier molecular flexibility index (Phi) is 7.39. The SMILES string of the molecule is CC(=O)Nc1ccc(C(=O)COC(=O)c2ccc(C)c(S(=O)(=O)N3CCOCC3)c2)cc1. The maximum absolute atomic E-state index is 13.0. The molecule has 0 bridgehead atoms. The van der Waals surface area contributed by atoms with Crippen LogP contribution in [0.25, 0.3) is 0 Å². The van der Waals surface area contributed by atoms with Crippen molar-refractivity contribution in [2.24, 2.45) is 0 Å². The van der Waals surface area contributed by atoms with E-state index in [9.17, 15) is 22.8 Å². The number of carbonyl (C=O) groups excluding carboxylic acids is 3. The van der Waals surface area contributed by atoms with Gasteiger partial charge in [0.05, 0.1) is 23.7 Å². The van der Waals surface area contributed by atoms with Gasteiger partial charge in [-0.15, -0.1) is 0 Å². The molecule has 0 spiro atoms. The molecular formula is C22H24N2O7S. The summed E-state index contributed by atoms with van der Waals surface area (Å²) in [6.07, 6.45) is 0. The number of amides is 1. The summed E-state index contributed by atoms with van der Waals surface area (Å²) in [4.78, 5) is 35.9. The third-order valence-corrected chi connectivity index (χ3v) is 6.91. The number of sulfonamides is 1. The molecule has 1 N–H and O–H groups in total. The van der Waals surface area contributed by atoms with Crippen LogP contribution in [-0.4, -0.2) is 63.3 Å². The van der Waals surface area contributed by atoms with Crippen molar-refractivity contribution in [1.82, 2.24) is 4.31 Å². The first-order valence-electron chi connectivity index (χ1n) is 9.95. The van der Waals surface area contributed by atoms with E-state index in [1.807, 2.05) is 0 Å². The van der Waals surface area contributed by atoms with Crippen LogP contribution in [0.15, 0.2) is 47.4 Å². The van der Waals surface area contributed by atoms with E-state index in [-0.39, 0.29) is 29.5 Å². The van der Waals surface area contributed by atoms with Gasteiger partial charge in [-0.2, -0.15) is 4.31 Å². The van der Waals surface area contributed by atoms with Crippen LogP contribution in [0.1, 0.15) is 33.2 Å². The number of carbonyl (C=O) groups is 3. The Hall–Kier alpha value is -3.08. The highest BCUT2D eigenvalue weighted by Crippen LogP contribution is 2.23. The normalized spacial score (nSPS) is 14.6. The van der Waals surface area contributed by atoms with E-state index >= 15 is 0 Å². The maximum Gasteiger partial charge on any atom is 0.338 e. The summed E-state index contributed by atoms with van der Waals surface area (Å²) in [5.74, 6) is -1.46. The fraction of sp³-hybridized carbons (Fsp3) is 0.318. The van der Waals surface area contributed by atoms with Gasteiger partial charge in [-0.1, -0.05) is 6.07 Å². The number of nitrogens with one attached hydrogen (secondary N) is 1. The summed E-state index contributed by atoms with van der Waals surface area (Å²) in [6, 6.07) is 10.4. The van der Waals surface area contributed by atoms with E-state index in [1.165, 1.54) is 41.6 Å². The average molecular weight is 461 g/mol. The Bertz CT molecular complexity index is 1120. The molecule has 0 aliphatic carbocycles. The van der Waals surface area contributed by atoms with Crippen LogP contribution in [-0.2, 0) is 24.3 Å². The molecule has 1 amide bonds. The second-order valence-electron chi connectivity index (χ2n) is 7.25. The number of rotatable bonds is 7. The molecule has 2 aromatic carbocycles. The van der Waals surface area contributed by atoms with Crippen LogP contribution < -0.4 is 5.32 Å². The minimum Gasteiger partial charge on any atom is -0.454 e. The van der Waals surface area contributed by atoms with E-state index in [0.29, 0.717) is 30.0 Å². The quantitative estimate of drug-likeness (QED) is 0.496. The molecule has 3 rings (SSSR count). The topological polar surface area (TPSA) is 119 Å².